The molecule has 2 aliphatic rings. The van der Waals surface area contributed by atoms with E-state index in [1.54, 1.807) is 13.2 Å². The number of nitrogens with zero attached hydrogens (tertiary/aromatic N) is 1. The summed E-state index contributed by atoms with van der Waals surface area (Å²) in [4.78, 5) is 2.31. The van der Waals surface area contributed by atoms with Crippen LogP contribution in [-0.2, 0) is 4.74 Å². The number of fused-ring (bicyclic) bond motifs is 3. The Morgan fingerprint density at radius 2 is 2.35 bits per heavy atom. The molecule has 0 amide bonds. The molecule has 0 unspecified atom stereocenters. The lowest BCUT2D eigenvalue weighted by molar-refractivity contribution is 0.118. The second kappa shape index (κ2) is 4.14. The Balaban J connectivity index is 1.98. The third-order valence-electron chi connectivity index (χ3n) is 3.59. The summed E-state index contributed by atoms with van der Waals surface area (Å²) >= 11 is 3.24. The van der Waals surface area contributed by atoms with Crippen LogP contribution in [0.25, 0.3) is 0 Å². The molecule has 1 aromatic carbocycles. The van der Waals surface area contributed by atoms with Gasteiger partial charge in [0.05, 0.1) is 22.0 Å². The summed E-state index contributed by atoms with van der Waals surface area (Å²) in [6.45, 7) is 1.74. The Labute approximate surface area is 108 Å². The molecular weight excluding hydrogens is 287 g/mol. The van der Waals surface area contributed by atoms with Gasteiger partial charge in [0.2, 0.25) is 0 Å². The largest absolute Gasteiger partial charge is 0.381 e. The molecule has 0 aromatic heterocycles. The molecule has 92 valence electrons. The lowest BCUT2D eigenvalue weighted by Crippen LogP contribution is -2.39. The van der Waals surface area contributed by atoms with E-state index < -0.39 is 0 Å². The summed E-state index contributed by atoms with van der Waals surface area (Å²) in [5.41, 5.74) is 1.94. The molecule has 17 heavy (non-hydrogen) atoms. The second-order valence-corrected chi connectivity index (χ2v) is 5.42. The number of hydrogen-bond acceptors (Lipinski definition) is 3. The molecule has 0 spiro atoms. The number of ether oxygens (including phenoxy) is 1. The van der Waals surface area contributed by atoms with Crippen molar-refractivity contribution >= 4 is 27.3 Å². The predicted molar refractivity (Wildman–Crippen MR) is 69.1 cm³/mol. The molecule has 3 nitrogen and oxygen atoms in total. The zero-order chi connectivity index (χ0) is 12.0. The molecule has 0 radical (unpaired) electrons. The van der Waals surface area contributed by atoms with Gasteiger partial charge >= 0.3 is 0 Å². The monoisotopic (exact) mass is 300 g/mol. The van der Waals surface area contributed by atoms with Gasteiger partial charge in [0.25, 0.3) is 0 Å². The van der Waals surface area contributed by atoms with Gasteiger partial charge in [0.15, 0.2) is 0 Å². The maximum atomic E-state index is 13.5. The van der Waals surface area contributed by atoms with Gasteiger partial charge in [-0.05, 0) is 28.4 Å². The van der Waals surface area contributed by atoms with Gasteiger partial charge in [-0.15, -0.1) is 0 Å². The van der Waals surface area contributed by atoms with E-state index in [-0.39, 0.29) is 11.9 Å². The summed E-state index contributed by atoms with van der Waals surface area (Å²) in [5.74, 6) is -0.225. The fourth-order valence-electron chi connectivity index (χ4n) is 2.68. The highest BCUT2D eigenvalue weighted by Gasteiger charge is 2.36. The molecule has 2 aliphatic heterocycles. The van der Waals surface area contributed by atoms with Gasteiger partial charge in [-0.2, -0.15) is 0 Å². The van der Waals surface area contributed by atoms with Gasteiger partial charge in [-0.25, -0.2) is 4.39 Å². The Hall–Kier alpha value is -0.810. The van der Waals surface area contributed by atoms with E-state index in [2.05, 4.69) is 26.1 Å². The minimum atomic E-state index is -0.225. The molecule has 1 aromatic rings. The predicted octanol–water partition coefficient (Wildman–Crippen LogP) is 2.61. The third-order valence-corrected chi connectivity index (χ3v) is 4.19. The molecule has 0 aliphatic carbocycles. The molecule has 0 saturated carbocycles. The number of rotatable bonds is 1. The van der Waals surface area contributed by atoms with Gasteiger partial charge in [0, 0.05) is 32.3 Å². The van der Waals surface area contributed by atoms with Crippen LogP contribution in [0.15, 0.2) is 16.6 Å². The number of nitrogens with one attached hydrogen (secondary N) is 1. The fourth-order valence-corrected chi connectivity index (χ4v) is 3.01. The molecule has 1 fully saturated rings. The van der Waals surface area contributed by atoms with E-state index in [1.165, 1.54) is 0 Å². The average molecular weight is 301 g/mol. The van der Waals surface area contributed by atoms with Gasteiger partial charge in [0.1, 0.15) is 5.82 Å². The number of methoxy groups -OCH3 is 1. The molecule has 2 heterocycles. The van der Waals surface area contributed by atoms with Crippen molar-refractivity contribution in [2.75, 3.05) is 30.4 Å². The van der Waals surface area contributed by atoms with Crippen molar-refractivity contribution in [3.8, 4) is 0 Å². The van der Waals surface area contributed by atoms with Crippen LogP contribution < -0.4 is 10.2 Å². The van der Waals surface area contributed by atoms with E-state index in [4.69, 9.17) is 4.74 Å². The lowest BCUT2D eigenvalue weighted by atomic mass is 10.1. The van der Waals surface area contributed by atoms with Crippen LogP contribution in [0.2, 0.25) is 0 Å². The van der Waals surface area contributed by atoms with Crippen LogP contribution in [0, 0.1) is 5.82 Å². The molecule has 1 N–H and O–H groups in total. The molecule has 3 rings (SSSR count). The summed E-state index contributed by atoms with van der Waals surface area (Å²) < 4.78 is 19.4. The van der Waals surface area contributed by atoms with Crippen molar-refractivity contribution in [3.63, 3.8) is 0 Å². The summed E-state index contributed by atoms with van der Waals surface area (Å²) in [6, 6.07) is 3.85. The number of anilines is 2. The Morgan fingerprint density at radius 1 is 1.53 bits per heavy atom. The minimum Gasteiger partial charge on any atom is -0.381 e. The van der Waals surface area contributed by atoms with E-state index in [0.29, 0.717) is 10.5 Å². The average Bonchev–Trinajstić information content (AvgIpc) is 2.74. The van der Waals surface area contributed by atoms with Crippen LogP contribution in [0.4, 0.5) is 15.8 Å². The highest BCUT2D eigenvalue weighted by atomic mass is 79.9. The highest BCUT2D eigenvalue weighted by Crippen LogP contribution is 2.39. The quantitative estimate of drug-likeness (QED) is 0.863. The van der Waals surface area contributed by atoms with Gasteiger partial charge in [-0.1, -0.05) is 0 Å². The Bertz CT molecular complexity index is 454. The van der Waals surface area contributed by atoms with E-state index in [9.17, 15) is 4.39 Å². The number of benzene rings is 1. The van der Waals surface area contributed by atoms with Crippen LogP contribution in [0.5, 0.6) is 0 Å². The molecule has 0 bridgehead atoms. The van der Waals surface area contributed by atoms with Crippen molar-refractivity contribution in [2.24, 2.45) is 0 Å². The van der Waals surface area contributed by atoms with E-state index in [0.717, 1.165) is 30.9 Å². The van der Waals surface area contributed by atoms with Crippen molar-refractivity contribution in [1.29, 1.82) is 0 Å². The summed E-state index contributed by atoms with van der Waals surface area (Å²) in [7, 11) is 1.75. The van der Waals surface area contributed by atoms with Crippen LogP contribution in [0.1, 0.15) is 6.42 Å². The smallest absolute Gasteiger partial charge is 0.139 e. The Kier molecular flexibility index (Phi) is 2.75. The van der Waals surface area contributed by atoms with E-state index >= 15 is 0 Å². The zero-order valence-corrected chi connectivity index (χ0v) is 11.1. The second-order valence-electron chi connectivity index (χ2n) is 4.56. The fraction of sp³-hybridized carbons (Fsp3) is 0.500. The van der Waals surface area contributed by atoms with Crippen molar-refractivity contribution < 1.29 is 9.13 Å². The van der Waals surface area contributed by atoms with Gasteiger partial charge < -0.3 is 15.0 Å². The minimum absolute atomic E-state index is 0.225. The highest BCUT2D eigenvalue weighted by molar-refractivity contribution is 9.10. The normalized spacial score (nSPS) is 26.4. The SMILES string of the molecule is CO[C@H]1C[C@@H]2CNc3cc(F)c(Br)cc3N2C1. The van der Waals surface area contributed by atoms with Gasteiger partial charge in [-0.3, -0.25) is 0 Å². The number of halogens is 2. The maximum absolute atomic E-state index is 13.5. The van der Waals surface area contributed by atoms with Crippen LogP contribution in [0.3, 0.4) is 0 Å². The van der Waals surface area contributed by atoms with Crippen molar-refractivity contribution in [2.45, 2.75) is 18.6 Å². The Morgan fingerprint density at radius 3 is 3.12 bits per heavy atom. The zero-order valence-electron chi connectivity index (χ0n) is 9.54. The first-order valence-electron chi connectivity index (χ1n) is 5.71. The summed E-state index contributed by atoms with van der Waals surface area (Å²) in [6.07, 6.45) is 1.30. The van der Waals surface area contributed by atoms with E-state index in [1.807, 2.05) is 6.07 Å². The first-order valence-corrected chi connectivity index (χ1v) is 6.50. The first-order chi connectivity index (χ1) is 8.19. The van der Waals surface area contributed by atoms with Crippen LogP contribution in [-0.4, -0.2) is 32.3 Å². The summed E-state index contributed by atoms with van der Waals surface area (Å²) in [5, 5.41) is 3.29. The third kappa shape index (κ3) is 1.81. The van der Waals surface area contributed by atoms with Crippen molar-refractivity contribution in [1.82, 2.24) is 0 Å². The molecule has 1 saturated heterocycles. The lowest BCUT2D eigenvalue weighted by Gasteiger charge is -2.34. The molecule has 5 heteroatoms. The maximum Gasteiger partial charge on any atom is 0.139 e. The topological polar surface area (TPSA) is 24.5 Å². The van der Waals surface area contributed by atoms with Crippen LogP contribution >= 0.6 is 15.9 Å². The molecule has 2 atom stereocenters. The van der Waals surface area contributed by atoms with Crippen molar-refractivity contribution in [3.05, 3.63) is 22.4 Å². The molecular formula is C12H14BrFN2O. The first kappa shape index (κ1) is 11.3. The number of hydrogen-bond donors (Lipinski definition) is 1. The standard InChI is InChI=1S/C12H14BrFN2O/c1-17-8-2-7-5-15-11-4-10(14)9(13)3-12(11)16(7)6-8/h3-4,7-8,15H,2,5-6H2,1H3/t7-,8+/m1/s1.